The van der Waals surface area contributed by atoms with Crippen molar-refractivity contribution in [3.63, 3.8) is 0 Å². The number of anilines is 2. The highest BCUT2D eigenvalue weighted by atomic mass is 35.5. The van der Waals surface area contributed by atoms with Crippen molar-refractivity contribution in [1.82, 2.24) is 4.31 Å². The maximum absolute atomic E-state index is 13.7. The van der Waals surface area contributed by atoms with Crippen LogP contribution in [0.25, 0.3) is 0 Å². The van der Waals surface area contributed by atoms with Gasteiger partial charge in [-0.1, -0.05) is 35.4 Å². The third-order valence-corrected chi connectivity index (χ3v) is 10.3. The Morgan fingerprint density at radius 1 is 1.00 bits per heavy atom. The van der Waals surface area contributed by atoms with Crippen LogP contribution in [-0.4, -0.2) is 67.0 Å². The first kappa shape index (κ1) is 29.8. The van der Waals surface area contributed by atoms with Crippen molar-refractivity contribution < 1.29 is 31.1 Å². The summed E-state index contributed by atoms with van der Waals surface area (Å²) in [6, 6.07) is 15.3. The molecule has 0 spiro atoms. The minimum Gasteiger partial charge on any atom is -0.495 e. The minimum absolute atomic E-state index is 0.00798. The van der Waals surface area contributed by atoms with Crippen LogP contribution in [0.4, 0.5) is 11.4 Å². The second-order valence-electron chi connectivity index (χ2n) is 9.19. The Bertz CT molecular complexity index is 1610. The number of halogens is 1. The zero-order valence-corrected chi connectivity index (χ0v) is 24.6. The van der Waals surface area contributed by atoms with Gasteiger partial charge in [-0.2, -0.15) is 4.31 Å². The molecule has 1 aliphatic heterocycles. The molecular formula is C27H30ClN3O7S2. The van der Waals surface area contributed by atoms with E-state index in [0.29, 0.717) is 10.6 Å². The first-order chi connectivity index (χ1) is 18.9. The summed E-state index contributed by atoms with van der Waals surface area (Å²) in [6.07, 6.45) is 0. The Morgan fingerprint density at radius 2 is 1.68 bits per heavy atom. The first-order valence-corrected chi connectivity index (χ1v) is 15.6. The zero-order chi connectivity index (χ0) is 29.1. The molecule has 13 heteroatoms. The summed E-state index contributed by atoms with van der Waals surface area (Å²) in [4.78, 5) is 13.2. The van der Waals surface area contributed by atoms with Crippen LogP contribution in [0.2, 0.25) is 5.02 Å². The lowest BCUT2D eigenvalue weighted by Crippen LogP contribution is -2.40. The summed E-state index contributed by atoms with van der Waals surface area (Å²) in [7, 11) is -6.77. The summed E-state index contributed by atoms with van der Waals surface area (Å²) in [5.74, 6) is -0.572. The monoisotopic (exact) mass is 607 g/mol. The molecule has 0 unspecified atom stereocenters. The van der Waals surface area contributed by atoms with Crippen LogP contribution < -0.4 is 14.4 Å². The largest absolute Gasteiger partial charge is 0.495 e. The van der Waals surface area contributed by atoms with E-state index in [1.54, 1.807) is 31.2 Å². The van der Waals surface area contributed by atoms with Crippen molar-refractivity contribution in [3.8, 4) is 5.75 Å². The lowest BCUT2D eigenvalue weighted by molar-refractivity contribution is -0.114. The van der Waals surface area contributed by atoms with Gasteiger partial charge in [-0.15, -0.1) is 0 Å². The molecular weight excluding hydrogens is 578 g/mol. The van der Waals surface area contributed by atoms with Gasteiger partial charge in [-0.05, 0) is 61.9 Å². The number of benzene rings is 3. The maximum Gasteiger partial charge on any atom is 0.264 e. The summed E-state index contributed by atoms with van der Waals surface area (Å²) in [5, 5.41) is 2.94. The van der Waals surface area contributed by atoms with E-state index in [0.717, 1.165) is 9.87 Å². The van der Waals surface area contributed by atoms with E-state index in [2.05, 4.69) is 5.32 Å². The number of nitrogens with one attached hydrogen (secondary N) is 1. The van der Waals surface area contributed by atoms with Crippen LogP contribution >= 0.6 is 11.6 Å². The van der Waals surface area contributed by atoms with Crippen LogP contribution in [0.15, 0.2) is 70.5 Å². The number of carbonyl (C=O) groups is 1. The number of ether oxygens (including phenoxy) is 2. The standard InChI is InChI=1S/C27H30ClN3O7S2/c1-19-4-9-23(10-5-19)39(33,34)31(24-16-21(28)7-6-20(24)2)18-27(32)29-22-8-11-25(37-3)26(17-22)40(35,36)30-12-14-38-15-13-30/h4-11,16-17H,12-15,18H2,1-3H3,(H,29,32). The Hall–Kier alpha value is -3.16. The highest BCUT2D eigenvalue weighted by Gasteiger charge is 2.31. The van der Waals surface area contributed by atoms with E-state index < -0.39 is 32.5 Å². The second kappa shape index (κ2) is 12.1. The highest BCUT2D eigenvalue weighted by Crippen LogP contribution is 2.32. The van der Waals surface area contributed by atoms with Crippen molar-refractivity contribution in [3.05, 3.63) is 76.8 Å². The summed E-state index contributed by atoms with van der Waals surface area (Å²) in [6.45, 7) is 3.88. The normalized spacial score (nSPS) is 14.5. The van der Waals surface area contributed by atoms with Crippen molar-refractivity contribution in [2.75, 3.05) is 49.6 Å². The molecule has 0 aromatic heterocycles. The molecule has 1 fully saturated rings. The molecule has 0 radical (unpaired) electrons. The Kier molecular flexibility index (Phi) is 9.06. The van der Waals surface area contributed by atoms with Gasteiger partial charge in [0.15, 0.2) is 0 Å². The fourth-order valence-electron chi connectivity index (χ4n) is 4.20. The van der Waals surface area contributed by atoms with Crippen LogP contribution in [0.1, 0.15) is 11.1 Å². The molecule has 0 atom stereocenters. The van der Waals surface area contributed by atoms with E-state index in [1.165, 1.54) is 47.8 Å². The van der Waals surface area contributed by atoms with Crippen molar-refractivity contribution in [2.24, 2.45) is 0 Å². The van der Waals surface area contributed by atoms with E-state index >= 15 is 0 Å². The van der Waals surface area contributed by atoms with Gasteiger partial charge in [-0.3, -0.25) is 9.10 Å². The van der Waals surface area contributed by atoms with Gasteiger partial charge in [-0.25, -0.2) is 16.8 Å². The maximum atomic E-state index is 13.7. The fourth-order valence-corrected chi connectivity index (χ4v) is 7.43. The van der Waals surface area contributed by atoms with E-state index in [4.69, 9.17) is 21.1 Å². The fraction of sp³-hybridized carbons (Fsp3) is 0.296. The Labute approximate surface area is 239 Å². The van der Waals surface area contributed by atoms with E-state index in [9.17, 15) is 21.6 Å². The molecule has 1 saturated heterocycles. The van der Waals surface area contributed by atoms with Gasteiger partial charge >= 0.3 is 0 Å². The van der Waals surface area contributed by atoms with Gasteiger partial charge in [0.05, 0.1) is 30.9 Å². The Balaban J connectivity index is 1.67. The number of amides is 1. The van der Waals surface area contributed by atoms with Gasteiger partial charge in [0.25, 0.3) is 10.0 Å². The summed E-state index contributed by atoms with van der Waals surface area (Å²) >= 11 is 6.19. The molecule has 1 N–H and O–H groups in total. The molecule has 1 amide bonds. The van der Waals surface area contributed by atoms with Gasteiger partial charge in [0.2, 0.25) is 15.9 Å². The quantitative estimate of drug-likeness (QED) is 0.392. The molecule has 0 bridgehead atoms. The smallest absolute Gasteiger partial charge is 0.264 e. The SMILES string of the molecule is COc1ccc(NC(=O)CN(c2cc(Cl)ccc2C)S(=O)(=O)c2ccc(C)cc2)cc1S(=O)(=O)N1CCOCC1. The third-order valence-electron chi connectivity index (χ3n) is 6.37. The predicted octanol–water partition coefficient (Wildman–Crippen LogP) is 3.82. The molecule has 0 saturated carbocycles. The molecule has 10 nitrogen and oxygen atoms in total. The molecule has 3 aromatic rings. The molecule has 4 rings (SSSR count). The molecule has 1 aliphatic rings. The summed E-state index contributed by atoms with van der Waals surface area (Å²) in [5.41, 5.74) is 1.88. The highest BCUT2D eigenvalue weighted by molar-refractivity contribution is 7.92. The van der Waals surface area contributed by atoms with E-state index in [1.807, 2.05) is 6.92 Å². The average Bonchev–Trinajstić information content (AvgIpc) is 2.93. The molecule has 0 aliphatic carbocycles. The van der Waals surface area contributed by atoms with Gasteiger partial charge < -0.3 is 14.8 Å². The predicted molar refractivity (Wildman–Crippen MR) is 153 cm³/mol. The molecule has 3 aromatic carbocycles. The van der Waals surface area contributed by atoms with Gasteiger partial charge in [0, 0.05) is 23.8 Å². The average molecular weight is 608 g/mol. The third kappa shape index (κ3) is 6.42. The van der Waals surface area contributed by atoms with Crippen molar-refractivity contribution >= 4 is 48.9 Å². The number of hydrogen-bond acceptors (Lipinski definition) is 7. The number of carbonyl (C=O) groups excluding carboxylic acids is 1. The molecule has 214 valence electrons. The van der Waals surface area contributed by atoms with Crippen molar-refractivity contribution in [1.29, 1.82) is 0 Å². The number of sulfonamides is 2. The minimum atomic E-state index is -4.17. The van der Waals surface area contributed by atoms with Crippen LogP contribution in [0.3, 0.4) is 0 Å². The van der Waals surface area contributed by atoms with Crippen molar-refractivity contribution in [2.45, 2.75) is 23.6 Å². The number of morpholine rings is 1. The number of nitrogens with zero attached hydrogens (tertiary/aromatic N) is 2. The topological polar surface area (TPSA) is 122 Å². The van der Waals surface area contributed by atoms with Gasteiger partial charge in [0.1, 0.15) is 17.2 Å². The number of aryl methyl sites for hydroxylation is 2. The van der Waals surface area contributed by atoms with Crippen LogP contribution in [-0.2, 0) is 29.6 Å². The Morgan fingerprint density at radius 3 is 2.33 bits per heavy atom. The number of hydrogen-bond donors (Lipinski definition) is 1. The molecule has 1 heterocycles. The zero-order valence-electron chi connectivity index (χ0n) is 22.3. The lowest BCUT2D eigenvalue weighted by Gasteiger charge is -2.27. The van der Waals surface area contributed by atoms with E-state index in [-0.39, 0.29) is 53.2 Å². The number of methoxy groups -OCH3 is 1. The molecule has 40 heavy (non-hydrogen) atoms. The number of rotatable bonds is 9. The first-order valence-electron chi connectivity index (χ1n) is 12.3. The summed E-state index contributed by atoms with van der Waals surface area (Å²) < 4.78 is 66.9. The lowest BCUT2D eigenvalue weighted by atomic mass is 10.2. The second-order valence-corrected chi connectivity index (χ2v) is 13.4. The van der Waals surface area contributed by atoms with Crippen LogP contribution in [0, 0.1) is 13.8 Å². The van der Waals surface area contributed by atoms with Crippen LogP contribution in [0.5, 0.6) is 5.75 Å².